The van der Waals surface area contributed by atoms with Crippen LogP contribution in [0.4, 0.5) is 11.4 Å². The zero-order chi connectivity index (χ0) is 14.3. The van der Waals surface area contributed by atoms with Crippen LogP contribution < -0.4 is 9.64 Å². The van der Waals surface area contributed by atoms with E-state index in [2.05, 4.69) is 6.92 Å². The summed E-state index contributed by atoms with van der Waals surface area (Å²) in [5.41, 5.74) is 0.774. The fourth-order valence-corrected chi connectivity index (χ4v) is 1.85. The Bertz CT molecular complexity index is 423. The predicted octanol–water partition coefficient (Wildman–Crippen LogP) is 2.20. The van der Waals surface area contributed by atoms with Crippen molar-refractivity contribution in [1.29, 1.82) is 0 Å². The van der Waals surface area contributed by atoms with Gasteiger partial charge < -0.3 is 14.7 Å². The molecule has 1 rings (SSSR count). The second-order valence-corrected chi connectivity index (χ2v) is 4.18. The molecule has 0 saturated heterocycles. The van der Waals surface area contributed by atoms with E-state index >= 15 is 0 Å². The summed E-state index contributed by atoms with van der Waals surface area (Å²) in [4.78, 5) is 12.4. The molecule has 0 saturated carbocycles. The number of unbranched alkanes of at least 4 members (excludes halogenated alkanes) is 1. The van der Waals surface area contributed by atoms with E-state index in [9.17, 15) is 10.1 Å². The van der Waals surface area contributed by atoms with E-state index in [1.807, 2.05) is 4.90 Å². The molecule has 0 aliphatic rings. The van der Waals surface area contributed by atoms with E-state index in [1.54, 1.807) is 12.1 Å². The van der Waals surface area contributed by atoms with Crippen LogP contribution in [0.15, 0.2) is 18.2 Å². The minimum atomic E-state index is -0.467. The summed E-state index contributed by atoms with van der Waals surface area (Å²) in [6.07, 6.45) is 2.05. The Morgan fingerprint density at radius 2 is 2.16 bits per heavy atom. The van der Waals surface area contributed by atoms with Crippen LogP contribution in [0, 0.1) is 10.1 Å². The van der Waals surface area contributed by atoms with Crippen LogP contribution in [0.1, 0.15) is 19.8 Å². The summed E-state index contributed by atoms with van der Waals surface area (Å²) in [7, 11) is 1.41. The Morgan fingerprint density at radius 3 is 2.68 bits per heavy atom. The lowest BCUT2D eigenvalue weighted by atomic mass is 10.2. The van der Waals surface area contributed by atoms with Gasteiger partial charge in [0, 0.05) is 30.9 Å². The molecule has 6 heteroatoms. The summed E-state index contributed by atoms with van der Waals surface area (Å²) in [6.45, 7) is 3.44. The van der Waals surface area contributed by atoms with Crippen LogP contribution in [-0.2, 0) is 0 Å². The molecule has 1 aromatic carbocycles. The van der Waals surface area contributed by atoms with Gasteiger partial charge in [0.25, 0.3) is 0 Å². The van der Waals surface area contributed by atoms with Crippen molar-refractivity contribution in [3.8, 4) is 5.75 Å². The average molecular weight is 268 g/mol. The Kier molecular flexibility index (Phi) is 6.08. The topological polar surface area (TPSA) is 75.8 Å². The minimum Gasteiger partial charge on any atom is -0.490 e. The van der Waals surface area contributed by atoms with E-state index < -0.39 is 4.92 Å². The Morgan fingerprint density at radius 1 is 1.42 bits per heavy atom. The van der Waals surface area contributed by atoms with Gasteiger partial charge in [-0.3, -0.25) is 10.1 Å². The van der Waals surface area contributed by atoms with Crippen molar-refractivity contribution >= 4 is 11.4 Å². The molecule has 0 amide bonds. The maximum atomic E-state index is 10.8. The van der Waals surface area contributed by atoms with Gasteiger partial charge in [-0.15, -0.1) is 0 Å². The molecule has 1 N–H and O–H groups in total. The van der Waals surface area contributed by atoms with Crippen LogP contribution in [-0.4, -0.2) is 36.8 Å². The molecule has 0 aliphatic carbocycles. The molecular formula is C13H20N2O4. The molecule has 0 heterocycles. The van der Waals surface area contributed by atoms with E-state index in [0.29, 0.717) is 6.54 Å². The van der Waals surface area contributed by atoms with E-state index in [0.717, 1.165) is 25.1 Å². The number of nitrogens with zero attached hydrogens (tertiary/aromatic N) is 2. The number of anilines is 1. The zero-order valence-electron chi connectivity index (χ0n) is 11.3. The minimum absolute atomic E-state index is 0.0447. The van der Waals surface area contributed by atoms with Crippen molar-refractivity contribution < 1.29 is 14.8 Å². The number of aliphatic hydroxyl groups excluding tert-OH is 1. The maximum absolute atomic E-state index is 10.8. The molecule has 6 nitrogen and oxygen atoms in total. The molecule has 0 aromatic heterocycles. The molecule has 0 bridgehead atoms. The fraction of sp³-hybridized carbons (Fsp3) is 0.538. The van der Waals surface area contributed by atoms with Crippen LogP contribution >= 0.6 is 0 Å². The molecule has 0 atom stereocenters. The number of hydrogen-bond acceptors (Lipinski definition) is 5. The summed E-state index contributed by atoms with van der Waals surface area (Å²) in [5.74, 6) is 0.238. The molecular weight excluding hydrogens is 248 g/mol. The number of rotatable bonds is 8. The number of hydrogen-bond donors (Lipinski definition) is 1. The van der Waals surface area contributed by atoms with Gasteiger partial charge in [-0.2, -0.15) is 0 Å². The van der Waals surface area contributed by atoms with Crippen LogP contribution in [0.2, 0.25) is 0 Å². The standard InChI is InChI=1S/C13H20N2O4/c1-3-4-7-14(8-9-16)11-5-6-12(15(17)18)13(10-11)19-2/h5-6,10,16H,3-4,7-9H2,1-2H3. The number of aliphatic hydroxyl groups is 1. The highest BCUT2D eigenvalue weighted by atomic mass is 16.6. The van der Waals surface area contributed by atoms with Gasteiger partial charge in [0.05, 0.1) is 18.6 Å². The Labute approximate surface area is 112 Å². The Balaban J connectivity index is 3.00. The van der Waals surface area contributed by atoms with E-state index in [1.165, 1.54) is 13.2 Å². The highest BCUT2D eigenvalue weighted by Gasteiger charge is 2.16. The maximum Gasteiger partial charge on any atom is 0.311 e. The number of methoxy groups -OCH3 is 1. The smallest absolute Gasteiger partial charge is 0.311 e. The van der Waals surface area contributed by atoms with Crippen molar-refractivity contribution in [2.24, 2.45) is 0 Å². The third-order valence-electron chi connectivity index (χ3n) is 2.88. The molecule has 0 spiro atoms. The number of ether oxygens (including phenoxy) is 1. The van der Waals surface area contributed by atoms with Gasteiger partial charge in [-0.1, -0.05) is 13.3 Å². The van der Waals surface area contributed by atoms with Crippen molar-refractivity contribution in [3.63, 3.8) is 0 Å². The molecule has 106 valence electrons. The Hall–Kier alpha value is -1.82. The van der Waals surface area contributed by atoms with Gasteiger partial charge in [0.15, 0.2) is 5.75 Å². The summed E-state index contributed by atoms with van der Waals surface area (Å²) >= 11 is 0. The molecule has 19 heavy (non-hydrogen) atoms. The highest BCUT2D eigenvalue weighted by Crippen LogP contribution is 2.31. The molecule has 0 fully saturated rings. The molecule has 1 aromatic rings. The lowest BCUT2D eigenvalue weighted by Crippen LogP contribution is -2.27. The van der Waals surface area contributed by atoms with E-state index in [-0.39, 0.29) is 18.0 Å². The third kappa shape index (κ3) is 4.10. The molecule has 0 aliphatic heterocycles. The molecule has 0 unspecified atom stereocenters. The SMILES string of the molecule is CCCCN(CCO)c1ccc([N+](=O)[O-])c(OC)c1. The first-order chi connectivity index (χ1) is 9.13. The summed E-state index contributed by atoms with van der Waals surface area (Å²) in [5, 5.41) is 19.9. The molecule has 0 radical (unpaired) electrons. The zero-order valence-corrected chi connectivity index (χ0v) is 11.3. The summed E-state index contributed by atoms with van der Waals surface area (Å²) < 4.78 is 5.05. The van der Waals surface area contributed by atoms with Gasteiger partial charge in [0.2, 0.25) is 0 Å². The second kappa shape index (κ2) is 7.58. The fourth-order valence-electron chi connectivity index (χ4n) is 1.85. The third-order valence-corrected chi connectivity index (χ3v) is 2.88. The summed E-state index contributed by atoms with van der Waals surface area (Å²) in [6, 6.07) is 4.76. The van der Waals surface area contributed by atoms with Gasteiger partial charge in [-0.25, -0.2) is 0 Å². The highest BCUT2D eigenvalue weighted by molar-refractivity contribution is 5.59. The first-order valence-electron chi connectivity index (χ1n) is 6.32. The van der Waals surface area contributed by atoms with Gasteiger partial charge in [0.1, 0.15) is 0 Å². The average Bonchev–Trinajstić information content (AvgIpc) is 2.42. The number of nitro benzene ring substituents is 1. The quantitative estimate of drug-likeness (QED) is 0.578. The second-order valence-electron chi connectivity index (χ2n) is 4.18. The normalized spacial score (nSPS) is 10.3. The van der Waals surface area contributed by atoms with Crippen LogP contribution in [0.5, 0.6) is 5.75 Å². The largest absolute Gasteiger partial charge is 0.490 e. The van der Waals surface area contributed by atoms with Gasteiger partial charge >= 0.3 is 5.69 Å². The van der Waals surface area contributed by atoms with Crippen molar-refractivity contribution in [3.05, 3.63) is 28.3 Å². The predicted molar refractivity (Wildman–Crippen MR) is 73.9 cm³/mol. The lowest BCUT2D eigenvalue weighted by molar-refractivity contribution is -0.385. The van der Waals surface area contributed by atoms with Crippen LogP contribution in [0.25, 0.3) is 0 Å². The van der Waals surface area contributed by atoms with Gasteiger partial charge in [-0.05, 0) is 12.5 Å². The van der Waals surface area contributed by atoms with Crippen molar-refractivity contribution in [1.82, 2.24) is 0 Å². The number of nitro groups is 1. The van der Waals surface area contributed by atoms with Crippen LogP contribution in [0.3, 0.4) is 0 Å². The van der Waals surface area contributed by atoms with E-state index in [4.69, 9.17) is 9.84 Å². The lowest BCUT2D eigenvalue weighted by Gasteiger charge is -2.24. The first-order valence-corrected chi connectivity index (χ1v) is 6.32. The van der Waals surface area contributed by atoms with Crippen molar-refractivity contribution in [2.75, 3.05) is 31.7 Å². The number of benzene rings is 1. The first kappa shape index (κ1) is 15.2. The van der Waals surface area contributed by atoms with Crippen molar-refractivity contribution in [2.45, 2.75) is 19.8 Å². The monoisotopic (exact) mass is 268 g/mol.